The van der Waals surface area contributed by atoms with Crippen molar-refractivity contribution in [3.63, 3.8) is 0 Å². The van der Waals surface area contributed by atoms with Crippen LogP contribution in [0.15, 0.2) is 22.7 Å². The first-order valence-corrected chi connectivity index (χ1v) is 6.96. The van der Waals surface area contributed by atoms with Gasteiger partial charge in [0.15, 0.2) is 16.6 Å². The summed E-state index contributed by atoms with van der Waals surface area (Å²) in [7, 11) is 0. The summed E-state index contributed by atoms with van der Waals surface area (Å²) in [6, 6.07) is 4.23. The molecule has 0 bridgehead atoms. The van der Waals surface area contributed by atoms with Crippen LogP contribution in [-0.4, -0.2) is 21.8 Å². The Kier molecular flexibility index (Phi) is 4.15. The number of aromatic nitrogens is 1. The molecule has 0 aliphatic rings. The second kappa shape index (κ2) is 5.68. The molecule has 2 N–H and O–H groups in total. The van der Waals surface area contributed by atoms with Crippen LogP contribution in [0.2, 0.25) is 0 Å². The lowest BCUT2D eigenvalue weighted by Gasteiger charge is -2.03. The van der Waals surface area contributed by atoms with Gasteiger partial charge in [0.1, 0.15) is 10.7 Å². The Morgan fingerprint density at radius 1 is 1.45 bits per heavy atom. The minimum atomic E-state index is -1.26. The topological polar surface area (TPSA) is 79.3 Å². The zero-order valence-electron chi connectivity index (χ0n) is 10.1. The van der Waals surface area contributed by atoms with Crippen molar-refractivity contribution in [3.8, 4) is 0 Å². The second-order valence-corrected chi connectivity index (χ2v) is 5.67. The highest BCUT2D eigenvalue weighted by molar-refractivity contribution is 9.10. The fraction of sp³-hybridized carbons (Fsp3) is 0.0833. The summed E-state index contributed by atoms with van der Waals surface area (Å²) in [5, 5.41) is 12.1. The predicted molar refractivity (Wildman–Crippen MR) is 76.5 cm³/mol. The number of carbonyl (C=O) groups excluding carboxylic acids is 1. The van der Waals surface area contributed by atoms with Crippen molar-refractivity contribution >= 4 is 49.8 Å². The summed E-state index contributed by atoms with van der Waals surface area (Å²) >= 11 is 3.98. The van der Waals surface area contributed by atoms with Gasteiger partial charge in [-0.25, -0.2) is 14.2 Å². The van der Waals surface area contributed by atoms with E-state index in [1.165, 1.54) is 25.1 Å². The Labute approximate surface area is 125 Å². The van der Waals surface area contributed by atoms with Crippen molar-refractivity contribution < 1.29 is 19.1 Å². The van der Waals surface area contributed by atoms with Crippen molar-refractivity contribution in [1.29, 1.82) is 0 Å². The fourth-order valence-corrected chi connectivity index (χ4v) is 2.71. The van der Waals surface area contributed by atoms with Crippen LogP contribution < -0.4 is 5.32 Å². The zero-order chi connectivity index (χ0) is 14.9. The molecular weight excluding hydrogens is 351 g/mol. The number of anilines is 2. The van der Waals surface area contributed by atoms with E-state index in [4.69, 9.17) is 5.11 Å². The highest BCUT2D eigenvalue weighted by Gasteiger charge is 2.20. The Hall–Kier alpha value is -1.80. The number of Topliss-reactive ketones (excluding diaryl/α,β-unsaturated/α-hetero) is 1. The number of benzene rings is 1. The normalized spacial score (nSPS) is 10.3. The molecule has 1 aromatic heterocycles. The highest BCUT2D eigenvalue weighted by atomic mass is 79.9. The van der Waals surface area contributed by atoms with Gasteiger partial charge in [-0.05, 0) is 34.1 Å². The maximum atomic E-state index is 13.1. The van der Waals surface area contributed by atoms with Crippen LogP contribution in [-0.2, 0) is 0 Å². The number of halogens is 2. The number of carbonyl (C=O) groups is 2. The number of hydrogen-bond donors (Lipinski definition) is 2. The molecule has 8 heteroatoms. The van der Waals surface area contributed by atoms with Gasteiger partial charge in [-0.2, -0.15) is 0 Å². The summed E-state index contributed by atoms with van der Waals surface area (Å²) in [5.41, 5.74) is 0.241. The first-order valence-electron chi connectivity index (χ1n) is 5.35. The van der Waals surface area contributed by atoms with Crippen molar-refractivity contribution in [2.24, 2.45) is 0 Å². The number of rotatable bonds is 4. The number of nitrogens with zero attached hydrogens (tertiary/aromatic N) is 1. The van der Waals surface area contributed by atoms with Crippen LogP contribution >= 0.6 is 27.3 Å². The number of nitrogens with one attached hydrogen (secondary N) is 1. The molecule has 1 aromatic carbocycles. The summed E-state index contributed by atoms with van der Waals surface area (Å²) in [6.45, 7) is 1.28. The third-order valence-corrected chi connectivity index (χ3v) is 4.00. The van der Waals surface area contributed by atoms with E-state index in [0.717, 1.165) is 11.3 Å². The lowest BCUT2D eigenvalue weighted by atomic mass is 10.3. The van der Waals surface area contributed by atoms with E-state index in [1.807, 2.05) is 0 Å². The minimum Gasteiger partial charge on any atom is -0.476 e. The van der Waals surface area contributed by atoms with Gasteiger partial charge in [0.2, 0.25) is 0 Å². The van der Waals surface area contributed by atoms with Gasteiger partial charge in [-0.3, -0.25) is 4.79 Å². The smallest absolute Gasteiger partial charge is 0.356 e. The van der Waals surface area contributed by atoms with E-state index in [2.05, 4.69) is 26.2 Å². The van der Waals surface area contributed by atoms with Crippen molar-refractivity contribution in [2.45, 2.75) is 6.92 Å². The van der Waals surface area contributed by atoms with E-state index in [1.54, 1.807) is 0 Å². The van der Waals surface area contributed by atoms with Crippen molar-refractivity contribution in [3.05, 3.63) is 39.1 Å². The number of hydrogen-bond acceptors (Lipinski definition) is 5. The molecule has 2 rings (SSSR count). The van der Waals surface area contributed by atoms with Gasteiger partial charge in [0.25, 0.3) is 0 Å². The monoisotopic (exact) mass is 358 g/mol. The average Bonchev–Trinajstić information content (AvgIpc) is 2.78. The van der Waals surface area contributed by atoms with Gasteiger partial charge in [0, 0.05) is 12.6 Å². The van der Waals surface area contributed by atoms with E-state index >= 15 is 0 Å². The first kappa shape index (κ1) is 14.6. The Morgan fingerprint density at radius 2 is 2.15 bits per heavy atom. The fourth-order valence-electron chi connectivity index (χ4n) is 1.45. The number of carboxylic acids is 1. The number of aromatic carboxylic acids is 1. The van der Waals surface area contributed by atoms with Crippen LogP contribution in [0.1, 0.15) is 27.1 Å². The maximum absolute atomic E-state index is 13.1. The molecule has 104 valence electrons. The van der Waals surface area contributed by atoms with Crippen LogP contribution in [0, 0.1) is 5.82 Å². The van der Waals surface area contributed by atoms with E-state index in [0.29, 0.717) is 5.69 Å². The average molecular weight is 359 g/mol. The maximum Gasteiger partial charge on any atom is 0.356 e. The molecule has 0 saturated carbocycles. The largest absolute Gasteiger partial charge is 0.476 e. The molecule has 0 aliphatic heterocycles. The van der Waals surface area contributed by atoms with Gasteiger partial charge in [-0.15, -0.1) is 0 Å². The van der Waals surface area contributed by atoms with E-state index in [9.17, 15) is 14.0 Å². The molecule has 0 radical (unpaired) electrons. The summed E-state index contributed by atoms with van der Waals surface area (Å²) in [6.07, 6.45) is 0. The second-order valence-electron chi connectivity index (χ2n) is 3.81. The lowest BCUT2D eigenvalue weighted by molar-refractivity contribution is 0.0687. The van der Waals surface area contributed by atoms with Crippen LogP contribution in [0.25, 0.3) is 0 Å². The summed E-state index contributed by atoms with van der Waals surface area (Å²) in [4.78, 5) is 26.3. The third kappa shape index (κ3) is 3.02. The number of thiazole rings is 1. The Balaban J connectivity index is 2.34. The van der Waals surface area contributed by atoms with Crippen molar-refractivity contribution in [2.75, 3.05) is 5.32 Å². The molecule has 5 nitrogen and oxygen atoms in total. The Morgan fingerprint density at radius 3 is 2.65 bits per heavy atom. The summed E-state index contributed by atoms with van der Waals surface area (Å²) < 4.78 is 13.4. The van der Waals surface area contributed by atoms with Crippen molar-refractivity contribution in [1.82, 2.24) is 4.98 Å². The molecule has 0 atom stereocenters. The molecule has 0 aliphatic carbocycles. The predicted octanol–water partition coefficient (Wildman–Crippen LogP) is 3.69. The summed E-state index contributed by atoms with van der Waals surface area (Å²) in [5.74, 6) is -2.04. The first-order chi connectivity index (χ1) is 9.38. The van der Waals surface area contributed by atoms with Gasteiger partial charge >= 0.3 is 5.97 Å². The number of ketones is 1. The van der Waals surface area contributed by atoms with Gasteiger partial charge < -0.3 is 10.4 Å². The molecule has 2 aromatic rings. The Bertz CT molecular complexity index is 671. The standard InChI is InChI=1S/C12H8BrFN2O3S/c1-5(17)10-9(11(18)19)16-12(20-10)15-6-2-3-8(14)7(13)4-6/h2-4H,1H3,(H,15,16)(H,18,19). The van der Waals surface area contributed by atoms with Gasteiger partial charge in [0.05, 0.1) is 4.47 Å². The molecule has 20 heavy (non-hydrogen) atoms. The quantitative estimate of drug-likeness (QED) is 0.814. The van der Waals surface area contributed by atoms with Crippen LogP contribution in [0.3, 0.4) is 0 Å². The van der Waals surface area contributed by atoms with Crippen LogP contribution in [0.5, 0.6) is 0 Å². The van der Waals surface area contributed by atoms with Crippen LogP contribution in [0.4, 0.5) is 15.2 Å². The molecule has 0 spiro atoms. The van der Waals surface area contributed by atoms with Gasteiger partial charge in [-0.1, -0.05) is 11.3 Å². The lowest BCUT2D eigenvalue weighted by Crippen LogP contribution is -2.03. The van der Waals surface area contributed by atoms with E-state index in [-0.39, 0.29) is 26.0 Å². The molecule has 0 amide bonds. The SMILES string of the molecule is CC(=O)c1sc(Nc2ccc(F)c(Br)c2)nc1C(=O)O. The van der Waals surface area contributed by atoms with E-state index < -0.39 is 11.8 Å². The third-order valence-electron chi connectivity index (χ3n) is 2.32. The molecule has 0 fully saturated rings. The minimum absolute atomic E-state index is 0.0705. The molecule has 0 saturated heterocycles. The molecule has 0 unspecified atom stereocenters. The number of carboxylic acid groups (broad SMARTS) is 1. The molecule has 1 heterocycles. The zero-order valence-corrected chi connectivity index (χ0v) is 12.5. The molecular formula is C12H8BrFN2O3S. The highest BCUT2D eigenvalue weighted by Crippen LogP contribution is 2.28.